The molecule has 1 amide bonds. The van der Waals surface area contributed by atoms with Gasteiger partial charge in [-0.3, -0.25) is 4.79 Å². The van der Waals surface area contributed by atoms with Crippen LogP contribution in [-0.2, 0) is 9.53 Å². The van der Waals surface area contributed by atoms with Crippen LogP contribution in [0.5, 0.6) is 0 Å². The van der Waals surface area contributed by atoms with Gasteiger partial charge in [0.15, 0.2) is 0 Å². The van der Waals surface area contributed by atoms with E-state index in [1.54, 1.807) is 6.07 Å². The van der Waals surface area contributed by atoms with E-state index in [-0.39, 0.29) is 12.5 Å². The molecular weight excluding hydrogens is 326 g/mol. The SMILES string of the molecule is O=C(CNc1ccccc1Cl)Nc1ccccc1N1CCOCC1. The molecule has 2 aromatic carbocycles. The zero-order valence-corrected chi connectivity index (χ0v) is 14.1. The van der Waals surface area contributed by atoms with Crippen molar-refractivity contribution in [2.24, 2.45) is 0 Å². The number of carbonyl (C=O) groups excluding carboxylic acids is 1. The zero-order valence-electron chi connectivity index (χ0n) is 13.3. The predicted octanol–water partition coefficient (Wildman–Crippen LogP) is 3.23. The maximum Gasteiger partial charge on any atom is 0.243 e. The lowest BCUT2D eigenvalue weighted by atomic mass is 10.2. The van der Waals surface area contributed by atoms with E-state index in [0.29, 0.717) is 18.2 Å². The second-order valence-corrected chi connectivity index (χ2v) is 5.91. The van der Waals surface area contributed by atoms with Crippen LogP contribution in [0.3, 0.4) is 0 Å². The summed E-state index contributed by atoms with van der Waals surface area (Å²) in [6.07, 6.45) is 0. The van der Waals surface area contributed by atoms with Crippen molar-refractivity contribution in [3.63, 3.8) is 0 Å². The molecule has 2 aromatic rings. The van der Waals surface area contributed by atoms with Gasteiger partial charge in [0.2, 0.25) is 5.91 Å². The van der Waals surface area contributed by atoms with Crippen molar-refractivity contribution in [3.05, 3.63) is 53.6 Å². The number of morpholine rings is 1. The minimum atomic E-state index is -0.115. The second kappa shape index (κ2) is 8.04. The lowest BCUT2D eigenvalue weighted by molar-refractivity contribution is -0.114. The van der Waals surface area contributed by atoms with Gasteiger partial charge in [-0.2, -0.15) is 0 Å². The maximum absolute atomic E-state index is 12.3. The molecule has 2 N–H and O–H groups in total. The molecule has 0 atom stereocenters. The zero-order chi connectivity index (χ0) is 16.8. The number of benzene rings is 2. The third-order valence-electron chi connectivity index (χ3n) is 3.84. The summed E-state index contributed by atoms with van der Waals surface area (Å²) in [5, 5.41) is 6.62. The highest BCUT2D eigenvalue weighted by Crippen LogP contribution is 2.26. The Bertz CT molecular complexity index is 702. The molecule has 24 heavy (non-hydrogen) atoms. The van der Waals surface area contributed by atoms with Crippen LogP contribution in [0.15, 0.2) is 48.5 Å². The van der Waals surface area contributed by atoms with Gasteiger partial charge in [-0.15, -0.1) is 0 Å². The van der Waals surface area contributed by atoms with Gasteiger partial charge in [-0.25, -0.2) is 0 Å². The van der Waals surface area contributed by atoms with Crippen molar-refractivity contribution in [2.45, 2.75) is 0 Å². The molecule has 1 heterocycles. The van der Waals surface area contributed by atoms with E-state index in [2.05, 4.69) is 15.5 Å². The standard InChI is InChI=1S/C18H20ClN3O2/c19-14-5-1-2-6-15(14)20-13-18(23)21-16-7-3-4-8-17(16)22-9-11-24-12-10-22/h1-8,20H,9-13H2,(H,21,23). The average Bonchev–Trinajstić information content (AvgIpc) is 2.62. The van der Waals surface area contributed by atoms with Crippen LogP contribution in [0.2, 0.25) is 5.02 Å². The predicted molar refractivity (Wildman–Crippen MR) is 98.0 cm³/mol. The number of amides is 1. The number of nitrogens with zero attached hydrogens (tertiary/aromatic N) is 1. The molecule has 6 heteroatoms. The first-order chi connectivity index (χ1) is 11.7. The van der Waals surface area contributed by atoms with Gasteiger partial charge in [0.25, 0.3) is 0 Å². The molecule has 1 saturated heterocycles. The summed E-state index contributed by atoms with van der Waals surface area (Å²) < 4.78 is 5.39. The van der Waals surface area contributed by atoms with Crippen molar-refractivity contribution >= 4 is 34.6 Å². The van der Waals surface area contributed by atoms with Gasteiger partial charge >= 0.3 is 0 Å². The summed E-state index contributed by atoms with van der Waals surface area (Å²) >= 11 is 6.08. The molecule has 0 spiro atoms. The van der Waals surface area contributed by atoms with Crippen molar-refractivity contribution in [1.82, 2.24) is 0 Å². The second-order valence-electron chi connectivity index (χ2n) is 5.50. The summed E-state index contributed by atoms with van der Waals surface area (Å²) in [6.45, 7) is 3.21. The van der Waals surface area contributed by atoms with Crippen LogP contribution < -0.4 is 15.5 Å². The number of nitrogens with one attached hydrogen (secondary N) is 2. The van der Waals surface area contributed by atoms with Gasteiger partial charge in [0.1, 0.15) is 0 Å². The van der Waals surface area contributed by atoms with E-state index < -0.39 is 0 Å². The molecular formula is C18H20ClN3O2. The number of para-hydroxylation sites is 3. The number of hydrogen-bond acceptors (Lipinski definition) is 4. The number of hydrogen-bond donors (Lipinski definition) is 2. The number of rotatable bonds is 5. The normalized spacial score (nSPS) is 14.3. The summed E-state index contributed by atoms with van der Waals surface area (Å²) in [6, 6.07) is 15.2. The Kier molecular flexibility index (Phi) is 5.56. The van der Waals surface area contributed by atoms with Crippen LogP contribution >= 0.6 is 11.6 Å². The van der Waals surface area contributed by atoms with Crippen LogP contribution in [0.25, 0.3) is 0 Å². The van der Waals surface area contributed by atoms with Crippen molar-refractivity contribution in [2.75, 3.05) is 48.4 Å². The molecule has 1 fully saturated rings. The lowest BCUT2D eigenvalue weighted by Crippen LogP contribution is -2.37. The number of halogens is 1. The van der Waals surface area contributed by atoms with E-state index in [4.69, 9.17) is 16.3 Å². The summed E-state index contributed by atoms with van der Waals surface area (Å²) in [7, 11) is 0. The quantitative estimate of drug-likeness (QED) is 0.873. The Morgan fingerprint density at radius 2 is 1.71 bits per heavy atom. The van der Waals surface area contributed by atoms with Gasteiger partial charge in [0, 0.05) is 13.1 Å². The fourth-order valence-electron chi connectivity index (χ4n) is 2.63. The first-order valence-electron chi connectivity index (χ1n) is 7.94. The lowest BCUT2D eigenvalue weighted by Gasteiger charge is -2.30. The molecule has 0 aliphatic carbocycles. The smallest absolute Gasteiger partial charge is 0.243 e. The van der Waals surface area contributed by atoms with Crippen LogP contribution in [0.1, 0.15) is 0 Å². The van der Waals surface area contributed by atoms with Gasteiger partial charge in [0.05, 0.1) is 41.8 Å². The minimum absolute atomic E-state index is 0.115. The molecule has 0 unspecified atom stereocenters. The van der Waals surface area contributed by atoms with E-state index >= 15 is 0 Å². The Morgan fingerprint density at radius 1 is 1.04 bits per heavy atom. The largest absolute Gasteiger partial charge is 0.378 e. The van der Waals surface area contributed by atoms with Gasteiger partial charge < -0.3 is 20.3 Å². The third-order valence-corrected chi connectivity index (χ3v) is 4.17. The Hall–Kier alpha value is -2.24. The molecule has 5 nitrogen and oxygen atoms in total. The highest BCUT2D eigenvalue weighted by Gasteiger charge is 2.15. The Labute approximate surface area is 146 Å². The first kappa shape index (κ1) is 16.6. The van der Waals surface area contributed by atoms with Gasteiger partial charge in [-0.1, -0.05) is 35.9 Å². The van der Waals surface area contributed by atoms with E-state index in [9.17, 15) is 4.79 Å². The van der Waals surface area contributed by atoms with Crippen LogP contribution in [0, 0.1) is 0 Å². The van der Waals surface area contributed by atoms with E-state index in [0.717, 1.165) is 30.2 Å². The monoisotopic (exact) mass is 345 g/mol. The Balaban J connectivity index is 1.63. The minimum Gasteiger partial charge on any atom is -0.378 e. The molecule has 0 aromatic heterocycles. The molecule has 0 saturated carbocycles. The van der Waals surface area contributed by atoms with E-state index in [1.807, 2.05) is 42.5 Å². The molecule has 126 valence electrons. The fraction of sp³-hybridized carbons (Fsp3) is 0.278. The summed E-state index contributed by atoms with van der Waals surface area (Å²) in [5.74, 6) is -0.115. The summed E-state index contributed by atoms with van der Waals surface area (Å²) in [5.41, 5.74) is 2.58. The molecule has 0 bridgehead atoms. The third kappa shape index (κ3) is 4.19. The van der Waals surface area contributed by atoms with Crippen molar-refractivity contribution in [3.8, 4) is 0 Å². The number of ether oxygens (including phenoxy) is 1. The van der Waals surface area contributed by atoms with Crippen LogP contribution in [0.4, 0.5) is 17.1 Å². The van der Waals surface area contributed by atoms with Crippen LogP contribution in [-0.4, -0.2) is 38.8 Å². The molecule has 1 aliphatic heterocycles. The highest BCUT2D eigenvalue weighted by molar-refractivity contribution is 6.33. The Morgan fingerprint density at radius 3 is 2.46 bits per heavy atom. The summed E-state index contributed by atoms with van der Waals surface area (Å²) in [4.78, 5) is 14.5. The fourth-order valence-corrected chi connectivity index (χ4v) is 2.84. The molecule has 3 rings (SSSR count). The molecule has 1 aliphatic rings. The van der Waals surface area contributed by atoms with E-state index in [1.165, 1.54) is 0 Å². The molecule has 0 radical (unpaired) electrons. The van der Waals surface area contributed by atoms with Gasteiger partial charge in [-0.05, 0) is 24.3 Å². The maximum atomic E-state index is 12.3. The average molecular weight is 346 g/mol. The number of carbonyl (C=O) groups is 1. The topological polar surface area (TPSA) is 53.6 Å². The highest BCUT2D eigenvalue weighted by atomic mass is 35.5. The van der Waals surface area contributed by atoms with Crippen molar-refractivity contribution in [1.29, 1.82) is 0 Å². The number of anilines is 3. The first-order valence-corrected chi connectivity index (χ1v) is 8.32. The van der Waals surface area contributed by atoms with Crippen molar-refractivity contribution < 1.29 is 9.53 Å².